The summed E-state index contributed by atoms with van der Waals surface area (Å²) in [6.45, 7) is 5.68. The molecule has 13 heteroatoms. The van der Waals surface area contributed by atoms with Crippen LogP contribution in [0.15, 0.2) is 48.7 Å². The van der Waals surface area contributed by atoms with Crippen molar-refractivity contribution in [3.8, 4) is 17.0 Å². The Hall–Kier alpha value is -3.61. The molecule has 0 spiro atoms. The molecule has 2 saturated heterocycles. The normalized spacial score (nSPS) is 21.1. The molecular weight excluding hydrogens is 563 g/mol. The van der Waals surface area contributed by atoms with E-state index >= 15 is 0 Å². The molecular formula is C28H27ClF3N5O4. The predicted molar refractivity (Wildman–Crippen MR) is 146 cm³/mol. The van der Waals surface area contributed by atoms with E-state index in [9.17, 15) is 18.0 Å². The molecule has 5 heterocycles. The quantitative estimate of drug-likeness (QED) is 0.392. The van der Waals surface area contributed by atoms with E-state index in [1.165, 1.54) is 23.2 Å². The highest BCUT2D eigenvalue weighted by Crippen LogP contribution is 2.43. The van der Waals surface area contributed by atoms with Gasteiger partial charge in [0.2, 0.25) is 0 Å². The molecule has 216 valence electrons. The molecule has 3 aliphatic heterocycles. The molecule has 2 fully saturated rings. The molecule has 2 bridgehead atoms. The summed E-state index contributed by atoms with van der Waals surface area (Å²) >= 11 is 6.53. The Balaban J connectivity index is 1.21. The van der Waals surface area contributed by atoms with Gasteiger partial charge in [-0.15, -0.1) is 0 Å². The van der Waals surface area contributed by atoms with Crippen molar-refractivity contribution in [3.05, 3.63) is 59.2 Å². The Labute approximate surface area is 239 Å². The minimum absolute atomic E-state index is 0.163. The lowest BCUT2D eigenvalue weighted by atomic mass is 10.1. The Bertz CT molecular complexity index is 1470. The molecule has 0 aliphatic carbocycles. The fourth-order valence-electron chi connectivity index (χ4n) is 5.27. The number of urea groups is 1. The number of aromatic nitrogens is 2. The highest BCUT2D eigenvalue weighted by atomic mass is 35.5. The highest BCUT2D eigenvalue weighted by Gasteiger charge is 2.41. The molecule has 3 aliphatic rings. The number of benzene rings is 1. The van der Waals surface area contributed by atoms with Gasteiger partial charge < -0.3 is 19.1 Å². The zero-order valence-corrected chi connectivity index (χ0v) is 23.0. The van der Waals surface area contributed by atoms with Crippen molar-refractivity contribution in [1.82, 2.24) is 9.97 Å². The maximum atomic E-state index is 13.6. The third-order valence-corrected chi connectivity index (χ3v) is 7.48. The van der Waals surface area contributed by atoms with Gasteiger partial charge in [-0.25, -0.2) is 14.8 Å². The van der Waals surface area contributed by atoms with Crippen molar-refractivity contribution in [3.63, 3.8) is 0 Å². The molecule has 2 amide bonds. The summed E-state index contributed by atoms with van der Waals surface area (Å²) < 4.78 is 57.1. The van der Waals surface area contributed by atoms with Gasteiger partial charge in [0.05, 0.1) is 40.8 Å². The van der Waals surface area contributed by atoms with Gasteiger partial charge in [-0.3, -0.25) is 10.2 Å². The lowest BCUT2D eigenvalue weighted by Crippen LogP contribution is -2.48. The largest absolute Gasteiger partial charge is 0.489 e. The first-order valence-electron chi connectivity index (χ1n) is 13.1. The first kappa shape index (κ1) is 27.6. The van der Waals surface area contributed by atoms with Crippen molar-refractivity contribution >= 4 is 35.0 Å². The minimum Gasteiger partial charge on any atom is -0.489 e. The summed E-state index contributed by atoms with van der Waals surface area (Å²) in [4.78, 5) is 26.1. The lowest BCUT2D eigenvalue weighted by molar-refractivity contribution is -0.141. The lowest BCUT2D eigenvalue weighted by Gasteiger charge is -2.36. The average Bonchev–Trinajstić information content (AvgIpc) is 3.51. The maximum absolute atomic E-state index is 13.6. The smallest absolute Gasteiger partial charge is 0.416 e. The number of ether oxygens (including phenoxy) is 3. The topological polar surface area (TPSA) is 89.1 Å². The van der Waals surface area contributed by atoms with Crippen molar-refractivity contribution in [1.29, 1.82) is 0 Å². The minimum atomic E-state index is -4.52. The molecule has 1 aromatic carbocycles. The maximum Gasteiger partial charge on any atom is 0.416 e. The average molecular weight is 590 g/mol. The molecule has 6 rings (SSSR count). The molecule has 41 heavy (non-hydrogen) atoms. The summed E-state index contributed by atoms with van der Waals surface area (Å²) in [5.41, 5.74) is 0.204. The van der Waals surface area contributed by atoms with Gasteiger partial charge in [0.25, 0.3) is 0 Å². The van der Waals surface area contributed by atoms with Crippen molar-refractivity contribution in [2.75, 3.05) is 41.4 Å². The van der Waals surface area contributed by atoms with E-state index in [-0.39, 0.29) is 28.4 Å². The van der Waals surface area contributed by atoms with Crippen LogP contribution in [0.1, 0.15) is 25.8 Å². The second-order valence-electron chi connectivity index (χ2n) is 10.6. The number of amides is 2. The molecule has 3 aromatic rings. The number of anilines is 3. The van der Waals surface area contributed by atoms with Crippen LogP contribution in [0.25, 0.3) is 11.3 Å². The highest BCUT2D eigenvalue weighted by molar-refractivity contribution is 6.33. The molecule has 9 nitrogen and oxygen atoms in total. The fraction of sp³-hybridized carbons (Fsp3) is 0.393. The number of fused-ring (bicyclic) bond motifs is 4. The van der Waals surface area contributed by atoms with Crippen molar-refractivity contribution < 1.29 is 32.2 Å². The number of nitrogens with one attached hydrogen (secondary N) is 1. The van der Waals surface area contributed by atoms with E-state index in [4.69, 9.17) is 25.8 Å². The number of rotatable bonds is 5. The van der Waals surface area contributed by atoms with E-state index < -0.39 is 23.6 Å². The molecule has 2 aromatic heterocycles. The van der Waals surface area contributed by atoms with Gasteiger partial charge in [-0.1, -0.05) is 23.7 Å². The fourth-order valence-corrected chi connectivity index (χ4v) is 5.53. The third kappa shape index (κ3) is 5.64. The van der Waals surface area contributed by atoms with Crippen LogP contribution >= 0.6 is 11.6 Å². The van der Waals surface area contributed by atoms with Crippen LogP contribution in [0.2, 0.25) is 5.02 Å². The summed E-state index contributed by atoms with van der Waals surface area (Å²) in [7, 11) is 0. The SMILES string of the molecule is CC1(C)OC[C@H](COc2ccc(NC(=O)N3c4nc(-c5cccc(C(F)(F)F)c5)c(Cl)cc4N4CCC3C4)nc2)O1. The number of pyridine rings is 2. The number of carbonyl (C=O) groups excluding carboxylic acids is 1. The summed E-state index contributed by atoms with van der Waals surface area (Å²) in [5.74, 6) is 0.499. The van der Waals surface area contributed by atoms with Crippen LogP contribution in [0, 0.1) is 0 Å². The summed E-state index contributed by atoms with van der Waals surface area (Å²) in [6.07, 6.45) is -2.51. The number of carbonyl (C=O) groups is 1. The molecule has 1 N–H and O–H groups in total. The third-order valence-electron chi connectivity index (χ3n) is 7.19. The molecule has 0 saturated carbocycles. The number of nitrogens with zero attached hydrogens (tertiary/aromatic N) is 4. The van der Waals surface area contributed by atoms with E-state index in [2.05, 4.69) is 20.2 Å². The van der Waals surface area contributed by atoms with Crippen LogP contribution in [0.5, 0.6) is 5.75 Å². The first-order chi connectivity index (χ1) is 19.5. The molecule has 2 atom stereocenters. The van der Waals surface area contributed by atoms with Crippen LogP contribution < -0.4 is 19.9 Å². The van der Waals surface area contributed by atoms with Gasteiger partial charge in [0, 0.05) is 18.7 Å². The number of hydrogen-bond acceptors (Lipinski definition) is 7. The molecule has 1 unspecified atom stereocenters. The second kappa shape index (κ2) is 10.3. The zero-order chi connectivity index (χ0) is 28.9. The Morgan fingerprint density at radius 1 is 1.24 bits per heavy atom. The van der Waals surface area contributed by atoms with Gasteiger partial charge in [-0.05, 0) is 50.6 Å². The van der Waals surface area contributed by atoms with Crippen molar-refractivity contribution in [2.24, 2.45) is 0 Å². The van der Waals surface area contributed by atoms with Crippen LogP contribution in [-0.2, 0) is 15.7 Å². The van der Waals surface area contributed by atoms with Crippen molar-refractivity contribution in [2.45, 2.75) is 44.4 Å². The Morgan fingerprint density at radius 2 is 2.07 bits per heavy atom. The zero-order valence-electron chi connectivity index (χ0n) is 22.2. The summed E-state index contributed by atoms with van der Waals surface area (Å²) in [6, 6.07) is 9.15. The van der Waals surface area contributed by atoms with E-state index in [1.807, 2.05) is 13.8 Å². The Morgan fingerprint density at radius 3 is 2.78 bits per heavy atom. The van der Waals surface area contributed by atoms with E-state index in [1.54, 1.807) is 18.2 Å². The Kier molecular flexibility index (Phi) is 6.95. The number of hydrogen-bond donors (Lipinski definition) is 1. The van der Waals surface area contributed by atoms with E-state index in [0.29, 0.717) is 55.8 Å². The molecule has 0 radical (unpaired) electrons. The predicted octanol–water partition coefficient (Wildman–Crippen LogP) is 5.98. The standard InChI is InChI=1S/C28H27ClF3N5O4/c1-27(2)40-15-20(41-27)14-39-19-6-7-23(33-12-19)34-26(38)37-18-8-9-36(13-18)22-11-21(29)24(35-25(22)37)16-4-3-5-17(10-16)28(30,31)32/h3-7,10-12,18,20H,8-9,13-15H2,1-2H3,(H,33,34,38)/t18?,20-/m0/s1. The van der Waals surface area contributed by atoms with Gasteiger partial charge in [0.1, 0.15) is 24.3 Å². The van der Waals surface area contributed by atoms with Gasteiger partial charge >= 0.3 is 12.2 Å². The van der Waals surface area contributed by atoms with Gasteiger partial charge in [0.15, 0.2) is 11.6 Å². The first-order valence-corrected chi connectivity index (χ1v) is 13.5. The monoisotopic (exact) mass is 589 g/mol. The number of halogens is 4. The van der Waals surface area contributed by atoms with Gasteiger partial charge in [-0.2, -0.15) is 13.2 Å². The second-order valence-corrected chi connectivity index (χ2v) is 11.0. The number of alkyl halides is 3. The van der Waals surface area contributed by atoms with E-state index in [0.717, 1.165) is 12.1 Å². The van der Waals surface area contributed by atoms with Crippen LogP contribution in [0.4, 0.5) is 35.3 Å². The van der Waals surface area contributed by atoms with Crippen LogP contribution in [-0.4, -0.2) is 60.2 Å². The summed E-state index contributed by atoms with van der Waals surface area (Å²) in [5, 5.41) is 3.01. The van der Waals surface area contributed by atoms with Crippen LogP contribution in [0.3, 0.4) is 0 Å².